The van der Waals surface area contributed by atoms with E-state index in [4.69, 9.17) is 21.2 Å². The van der Waals surface area contributed by atoms with Crippen LogP contribution in [0, 0.1) is 17.0 Å². The molecule has 2 aromatic rings. The summed E-state index contributed by atoms with van der Waals surface area (Å²) in [4.78, 5) is 74.6. The van der Waals surface area contributed by atoms with Crippen molar-refractivity contribution in [1.29, 1.82) is 0 Å². The maximum absolute atomic E-state index is 14.5. The number of benzene rings is 2. The van der Waals surface area contributed by atoms with Crippen LogP contribution in [0.15, 0.2) is 47.6 Å². The van der Waals surface area contributed by atoms with E-state index in [1.165, 1.54) is 11.0 Å². The largest absolute Gasteiger partial charge is 0.444 e. The third-order valence-electron chi connectivity index (χ3n) is 9.11. The fourth-order valence-electron chi connectivity index (χ4n) is 6.20. The van der Waals surface area contributed by atoms with Gasteiger partial charge in [-0.05, 0) is 48.9 Å². The maximum atomic E-state index is 14.5. The van der Waals surface area contributed by atoms with Crippen LogP contribution in [0.3, 0.4) is 0 Å². The molecule has 1 saturated heterocycles. The van der Waals surface area contributed by atoms with E-state index in [1.807, 2.05) is 6.92 Å². The number of hydrogen-bond acceptors (Lipinski definition) is 8. The molecule has 51 heavy (non-hydrogen) atoms. The fraction of sp³-hybridized carbons (Fsp3) is 0.500. The van der Waals surface area contributed by atoms with Crippen LogP contribution in [0.25, 0.3) is 0 Å². The molecule has 1 spiro atoms. The Balaban J connectivity index is 1.38. The van der Waals surface area contributed by atoms with Gasteiger partial charge >= 0.3 is 6.09 Å². The lowest BCUT2D eigenvalue weighted by atomic mass is 9.85. The molecule has 4 atom stereocenters. The molecule has 0 bridgehead atoms. The number of amides is 4. The first-order valence-corrected chi connectivity index (χ1v) is 17.3. The maximum Gasteiger partial charge on any atom is 0.408 e. The van der Waals surface area contributed by atoms with Gasteiger partial charge in [0.05, 0.1) is 23.9 Å². The Morgan fingerprint density at radius 3 is 2.39 bits per heavy atom. The van der Waals surface area contributed by atoms with Crippen LogP contribution in [-0.2, 0) is 35.4 Å². The molecule has 12 nitrogen and oxygen atoms in total. The van der Waals surface area contributed by atoms with E-state index in [9.17, 15) is 32.8 Å². The van der Waals surface area contributed by atoms with Crippen molar-refractivity contribution in [3.05, 3.63) is 70.2 Å². The smallest absolute Gasteiger partial charge is 0.408 e. The van der Waals surface area contributed by atoms with E-state index < -0.39 is 82.5 Å². The Labute approximate surface area is 299 Å². The van der Waals surface area contributed by atoms with E-state index in [1.54, 1.807) is 45.0 Å². The average Bonchev–Trinajstić information content (AvgIpc) is 3.66. The van der Waals surface area contributed by atoms with Crippen LogP contribution in [0.1, 0.15) is 77.3 Å². The minimum atomic E-state index is -1.28. The number of carbonyl (C=O) groups is 5. The molecule has 5 rings (SSSR count). The molecule has 2 fully saturated rings. The van der Waals surface area contributed by atoms with Crippen molar-refractivity contribution < 1.29 is 42.3 Å². The normalized spacial score (nSPS) is 21.0. The molecule has 2 heterocycles. The number of Topliss-reactive ketones (excluding diaryl/α,β-unsaturated/α-hetero) is 1. The summed E-state index contributed by atoms with van der Waals surface area (Å²) in [5, 5.41) is 12.7. The number of oxime groups is 1. The van der Waals surface area contributed by atoms with Gasteiger partial charge in [-0.2, -0.15) is 0 Å². The first kappa shape index (κ1) is 37.7. The molecule has 0 aromatic heterocycles. The Bertz CT molecular complexity index is 1710. The zero-order valence-corrected chi connectivity index (χ0v) is 29.6. The van der Waals surface area contributed by atoms with Gasteiger partial charge in [0.25, 0.3) is 5.91 Å². The number of carbonyl (C=O) groups excluding carboxylic acids is 5. The van der Waals surface area contributed by atoms with Crippen LogP contribution in [0.2, 0.25) is 5.02 Å². The topological polar surface area (TPSA) is 156 Å². The predicted octanol–water partition coefficient (Wildman–Crippen LogP) is 4.56. The van der Waals surface area contributed by atoms with Gasteiger partial charge in [0.2, 0.25) is 17.6 Å². The zero-order chi connectivity index (χ0) is 37.1. The van der Waals surface area contributed by atoms with Crippen molar-refractivity contribution >= 4 is 46.9 Å². The summed E-state index contributed by atoms with van der Waals surface area (Å²) < 4.78 is 33.5. The highest BCUT2D eigenvalue weighted by Gasteiger charge is 2.55. The van der Waals surface area contributed by atoms with E-state index in [0.717, 1.165) is 25.0 Å². The van der Waals surface area contributed by atoms with Crippen LogP contribution in [0.5, 0.6) is 0 Å². The summed E-state index contributed by atoms with van der Waals surface area (Å²) in [6, 6.07) is 6.56. The Morgan fingerprint density at radius 2 is 1.76 bits per heavy atom. The monoisotopic (exact) mass is 729 g/mol. The number of nitrogens with one attached hydrogen (secondary N) is 3. The summed E-state index contributed by atoms with van der Waals surface area (Å²) in [5.41, 5.74) is -1.30. The van der Waals surface area contributed by atoms with Crippen molar-refractivity contribution in [2.75, 3.05) is 6.54 Å². The van der Waals surface area contributed by atoms with Gasteiger partial charge in [-0.15, -0.1) is 0 Å². The standard InChI is InChI=1S/C36H42ClF2N5O7/c1-5-8-26(29(45)32(47)40-22-13-14-22)41-31(46)28-17-36(16-27(43-51-36)20-9-6-10-21(37)15-20)19-44(28)33(48)30(35(2,3)4)42-34(49)50-18-23-24(38)11-7-12-25(23)39/h6-7,9-12,15,22,26,28,30H,5,8,13-14,16-19H2,1-4H3,(H,40,47)(H,41,46)(H,42,49)/t26-,28-,30+,36+/m0/s1. The Hall–Kier alpha value is -4.59. The number of alkyl carbamates (subject to hydrolysis) is 1. The van der Waals surface area contributed by atoms with Gasteiger partial charge in [0.1, 0.15) is 30.3 Å². The van der Waals surface area contributed by atoms with Crippen molar-refractivity contribution in [3.8, 4) is 0 Å². The summed E-state index contributed by atoms with van der Waals surface area (Å²) in [6.45, 7) is 6.03. The van der Waals surface area contributed by atoms with Crippen LogP contribution < -0.4 is 16.0 Å². The molecule has 4 amide bonds. The van der Waals surface area contributed by atoms with Crippen LogP contribution >= 0.6 is 11.6 Å². The molecule has 1 saturated carbocycles. The highest BCUT2D eigenvalue weighted by molar-refractivity contribution is 6.38. The van der Waals surface area contributed by atoms with Crippen molar-refractivity contribution in [2.45, 2.75) is 103 Å². The SMILES string of the molecule is CCC[C@H](NC(=O)[C@@H]1C[C@]2(CC(c3cccc(Cl)c3)=NO2)CN1C(=O)[C@@H](NC(=O)OCc1c(F)cccc1F)C(C)(C)C)C(=O)C(=O)NC1CC1. The molecule has 3 N–H and O–H groups in total. The second-order valence-electron chi connectivity index (χ2n) is 14.4. The number of rotatable bonds is 12. The lowest BCUT2D eigenvalue weighted by Gasteiger charge is -2.35. The van der Waals surface area contributed by atoms with Gasteiger partial charge in [0.15, 0.2) is 5.60 Å². The summed E-state index contributed by atoms with van der Waals surface area (Å²) in [5.74, 6) is -4.72. The number of hydrogen-bond donors (Lipinski definition) is 3. The molecular formula is C36H42ClF2N5O7. The minimum absolute atomic E-state index is 0.0205. The summed E-state index contributed by atoms with van der Waals surface area (Å²) in [6.07, 6.45) is 1.31. The van der Waals surface area contributed by atoms with Crippen LogP contribution in [-0.4, -0.2) is 76.5 Å². The highest BCUT2D eigenvalue weighted by Crippen LogP contribution is 2.40. The molecule has 0 radical (unpaired) electrons. The van der Waals surface area contributed by atoms with E-state index in [2.05, 4.69) is 21.1 Å². The number of ketones is 1. The molecule has 1 aliphatic carbocycles. The predicted molar refractivity (Wildman–Crippen MR) is 182 cm³/mol. The minimum Gasteiger partial charge on any atom is -0.444 e. The second-order valence-corrected chi connectivity index (χ2v) is 14.8. The Morgan fingerprint density at radius 1 is 1.08 bits per heavy atom. The molecule has 3 aliphatic rings. The van der Waals surface area contributed by atoms with Crippen molar-refractivity contribution in [3.63, 3.8) is 0 Å². The van der Waals surface area contributed by atoms with E-state index >= 15 is 0 Å². The third-order valence-corrected chi connectivity index (χ3v) is 9.35. The van der Waals surface area contributed by atoms with Gasteiger partial charge in [0, 0.05) is 29.5 Å². The summed E-state index contributed by atoms with van der Waals surface area (Å²) >= 11 is 6.21. The number of likely N-dealkylation sites (tertiary alicyclic amines) is 1. The molecule has 15 heteroatoms. The molecule has 0 unspecified atom stereocenters. The van der Waals surface area contributed by atoms with Gasteiger partial charge in [-0.1, -0.05) is 69.1 Å². The van der Waals surface area contributed by atoms with Crippen molar-refractivity contribution in [2.24, 2.45) is 10.6 Å². The average molecular weight is 730 g/mol. The highest BCUT2D eigenvalue weighted by atomic mass is 35.5. The van der Waals surface area contributed by atoms with Crippen LogP contribution in [0.4, 0.5) is 13.6 Å². The van der Waals surface area contributed by atoms with Crippen molar-refractivity contribution in [1.82, 2.24) is 20.9 Å². The molecule has 2 aliphatic heterocycles. The number of ether oxygens (including phenoxy) is 1. The second kappa shape index (κ2) is 15.3. The van der Waals surface area contributed by atoms with E-state index in [-0.39, 0.29) is 31.8 Å². The lowest BCUT2D eigenvalue weighted by Crippen LogP contribution is -2.59. The van der Waals surface area contributed by atoms with E-state index in [0.29, 0.717) is 22.7 Å². The first-order valence-electron chi connectivity index (χ1n) is 16.9. The third kappa shape index (κ3) is 9.02. The lowest BCUT2D eigenvalue weighted by molar-refractivity contribution is -0.144. The molecule has 2 aromatic carbocycles. The number of nitrogens with zero attached hydrogens (tertiary/aromatic N) is 2. The molecule has 274 valence electrons. The zero-order valence-electron chi connectivity index (χ0n) is 28.9. The van der Waals surface area contributed by atoms with Gasteiger partial charge in [-0.25, -0.2) is 13.6 Å². The first-order chi connectivity index (χ1) is 24.1. The van der Waals surface area contributed by atoms with Gasteiger partial charge in [-0.3, -0.25) is 19.2 Å². The molecular weight excluding hydrogens is 688 g/mol. The number of halogens is 3. The van der Waals surface area contributed by atoms with Gasteiger partial charge < -0.3 is 30.4 Å². The fourth-order valence-corrected chi connectivity index (χ4v) is 6.39. The Kier molecular flexibility index (Phi) is 11.3. The quantitative estimate of drug-likeness (QED) is 0.271. The summed E-state index contributed by atoms with van der Waals surface area (Å²) in [7, 11) is 0.